The van der Waals surface area contributed by atoms with E-state index < -0.39 is 0 Å². The molecule has 0 atom stereocenters. The van der Waals surface area contributed by atoms with Crippen LogP contribution in [0.15, 0.2) is 146 Å². The minimum Gasteiger partial charge on any atom is -0.288 e. The number of likely N-dealkylation sites (tertiary alicyclic amines) is 2. The van der Waals surface area contributed by atoms with Crippen molar-refractivity contribution in [2.75, 3.05) is 26.2 Å². The highest BCUT2D eigenvalue weighted by Gasteiger charge is 2.36. The quantitative estimate of drug-likeness (QED) is 0.178. The first kappa shape index (κ1) is 29.9. The van der Waals surface area contributed by atoms with E-state index in [9.17, 15) is 0 Å². The standard InChI is InChI=1S/2C20H21N3/c1-16-12-13-23(21-16)19-14-22(15-19)20(17-8-4-2-5-9-17)18-10-6-3-7-11-18;1-16-12-13-21-23(16)19-14-22(15-19)20(17-8-4-2-5-9-17)18-10-6-3-7-11-18/h2*2-13,19-20H,14-15H2,1H3. The van der Waals surface area contributed by atoms with Crippen molar-refractivity contribution in [3.8, 4) is 0 Å². The highest BCUT2D eigenvalue weighted by atomic mass is 15.4. The van der Waals surface area contributed by atoms with Gasteiger partial charge in [0.15, 0.2) is 0 Å². The second kappa shape index (κ2) is 13.7. The highest BCUT2D eigenvalue weighted by molar-refractivity contribution is 5.34. The van der Waals surface area contributed by atoms with Crippen molar-refractivity contribution in [1.82, 2.24) is 29.4 Å². The average molecular weight is 607 g/mol. The van der Waals surface area contributed by atoms with E-state index in [0.717, 1.165) is 31.9 Å². The summed E-state index contributed by atoms with van der Waals surface area (Å²) in [5.74, 6) is 0. The van der Waals surface area contributed by atoms with Crippen LogP contribution in [0.4, 0.5) is 0 Å². The molecule has 2 aliphatic heterocycles. The third-order valence-corrected chi connectivity index (χ3v) is 9.30. The van der Waals surface area contributed by atoms with Crippen LogP contribution in [0.25, 0.3) is 0 Å². The first-order valence-corrected chi connectivity index (χ1v) is 16.3. The van der Waals surface area contributed by atoms with E-state index in [0.29, 0.717) is 24.2 Å². The SMILES string of the molecule is Cc1ccn(C2CN(C(c3ccccc3)c3ccccc3)C2)n1.Cc1ccnn1C1CN(C(c2ccccc2)c2ccccc2)C1. The summed E-state index contributed by atoms with van der Waals surface area (Å²) in [6.45, 7) is 8.32. The van der Waals surface area contributed by atoms with Gasteiger partial charge in [-0.2, -0.15) is 10.2 Å². The van der Waals surface area contributed by atoms with Crippen molar-refractivity contribution in [1.29, 1.82) is 0 Å². The molecule has 2 aliphatic rings. The van der Waals surface area contributed by atoms with Gasteiger partial charge >= 0.3 is 0 Å². The molecule has 4 aromatic carbocycles. The molecule has 0 N–H and O–H groups in total. The topological polar surface area (TPSA) is 42.1 Å². The predicted molar refractivity (Wildman–Crippen MR) is 185 cm³/mol. The lowest BCUT2D eigenvalue weighted by atomic mass is 9.93. The lowest BCUT2D eigenvalue weighted by Gasteiger charge is -2.45. The second-order valence-electron chi connectivity index (χ2n) is 12.5. The lowest BCUT2D eigenvalue weighted by molar-refractivity contribution is 0.0670. The van der Waals surface area contributed by atoms with Crippen molar-refractivity contribution < 1.29 is 0 Å². The Labute approximate surface area is 272 Å². The first-order chi connectivity index (χ1) is 22.6. The molecular weight excluding hydrogens is 564 g/mol. The fraction of sp³-hybridized carbons (Fsp3) is 0.250. The Morgan fingerprint density at radius 1 is 0.522 bits per heavy atom. The zero-order chi connectivity index (χ0) is 31.3. The third-order valence-electron chi connectivity index (χ3n) is 9.30. The van der Waals surface area contributed by atoms with Gasteiger partial charge < -0.3 is 0 Å². The van der Waals surface area contributed by atoms with Crippen molar-refractivity contribution in [2.24, 2.45) is 0 Å². The molecule has 46 heavy (non-hydrogen) atoms. The maximum atomic E-state index is 4.56. The van der Waals surface area contributed by atoms with E-state index >= 15 is 0 Å². The minimum atomic E-state index is 0.324. The van der Waals surface area contributed by atoms with Crippen LogP contribution >= 0.6 is 0 Å². The maximum absolute atomic E-state index is 4.56. The summed E-state index contributed by atoms with van der Waals surface area (Å²) in [5, 5.41) is 9.03. The zero-order valence-corrected chi connectivity index (χ0v) is 26.7. The summed E-state index contributed by atoms with van der Waals surface area (Å²) < 4.78 is 4.27. The second-order valence-corrected chi connectivity index (χ2v) is 12.5. The summed E-state index contributed by atoms with van der Waals surface area (Å²) in [4.78, 5) is 5.07. The Morgan fingerprint density at radius 3 is 1.28 bits per heavy atom. The van der Waals surface area contributed by atoms with Gasteiger partial charge in [0.25, 0.3) is 0 Å². The summed E-state index contributed by atoms with van der Waals surface area (Å²) in [7, 11) is 0. The molecule has 6 nitrogen and oxygen atoms in total. The smallest absolute Gasteiger partial charge is 0.0776 e. The molecule has 232 valence electrons. The minimum absolute atomic E-state index is 0.324. The fourth-order valence-electron chi connectivity index (χ4n) is 6.89. The van der Waals surface area contributed by atoms with Crippen LogP contribution in [0.3, 0.4) is 0 Å². The van der Waals surface area contributed by atoms with Gasteiger partial charge in [-0.1, -0.05) is 121 Å². The molecule has 0 bridgehead atoms. The fourth-order valence-corrected chi connectivity index (χ4v) is 6.89. The Bertz CT molecular complexity index is 1710. The number of hydrogen-bond acceptors (Lipinski definition) is 4. The van der Waals surface area contributed by atoms with Gasteiger partial charge in [0.1, 0.15) is 0 Å². The highest BCUT2D eigenvalue weighted by Crippen LogP contribution is 2.37. The number of benzene rings is 4. The average Bonchev–Trinajstić information content (AvgIpc) is 3.69. The first-order valence-electron chi connectivity index (χ1n) is 16.3. The molecule has 0 amide bonds. The van der Waals surface area contributed by atoms with Gasteiger partial charge in [-0.15, -0.1) is 0 Å². The van der Waals surface area contributed by atoms with Gasteiger partial charge in [0, 0.05) is 44.3 Å². The van der Waals surface area contributed by atoms with Gasteiger partial charge in [-0.3, -0.25) is 19.2 Å². The Hall–Kier alpha value is -4.78. The van der Waals surface area contributed by atoms with Crippen LogP contribution < -0.4 is 0 Å². The number of nitrogens with zero attached hydrogens (tertiary/aromatic N) is 6. The number of aromatic nitrogens is 4. The molecule has 0 aliphatic carbocycles. The van der Waals surface area contributed by atoms with Crippen molar-refractivity contribution in [3.63, 3.8) is 0 Å². The van der Waals surface area contributed by atoms with Crippen LogP contribution in [-0.2, 0) is 0 Å². The Morgan fingerprint density at radius 2 is 0.935 bits per heavy atom. The third kappa shape index (κ3) is 6.45. The normalized spacial score (nSPS) is 15.7. The van der Waals surface area contributed by atoms with Crippen LogP contribution in [0, 0.1) is 13.8 Å². The summed E-state index contributed by atoms with van der Waals surface area (Å²) in [6, 6.07) is 48.9. The van der Waals surface area contributed by atoms with Crippen LogP contribution in [-0.4, -0.2) is 55.5 Å². The summed E-state index contributed by atoms with van der Waals surface area (Å²) in [6.07, 6.45) is 3.99. The van der Waals surface area contributed by atoms with Gasteiger partial charge in [0.2, 0.25) is 0 Å². The maximum Gasteiger partial charge on any atom is 0.0776 e. The molecule has 0 spiro atoms. The molecule has 2 aromatic heterocycles. The van der Waals surface area contributed by atoms with E-state index in [2.05, 4.69) is 176 Å². The van der Waals surface area contributed by atoms with Crippen LogP contribution in [0.5, 0.6) is 0 Å². The molecule has 0 saturated carbocycles. The van der Waals surface area contributed by atoms with E-state index in [1.165, 1.54) is 27.9 Å². The van der Waals surface area contributed by atoms with Crippen molar-refractivity contribution in [3.05, 3.63) is 179 Å². The molecule has 2 saturated heterocycles. The molecule has 4 heterocycles. The van der Waals surface area contributed by atoms with E-state index in [1.807, 2.05) is 13.1 Å². The van der Waals surface area contributed by atoms with E-state index in [4.69, 9.17) is 0 Å². The van der Waals surface area contributed by atoms with Gasteiger partial charge in [-0.25, -0.2) is 0 Å². The molecule has 0 unspecified atom stereocenters. The van der Waals surface area contributed by atoms with Crippen LogP contribution in [0.2, 0.25) is 0 Å². The Balaban J connectivity index is 0.000000147. The van der Waals surface area contributed by atoms with E-state index in [-0.39, 0.29) is 0 Å². The summed E-state index contributed by atoms with van der Waals surface area (Å²) >= 11 is 0. The molecule has 6 aromatic rings. The predicted octanol–water partition coefficient (Wildman–Crippen LogP) is 7.68. The molecule has 2 fully saturated rings. The number of hydrogen-bond donors (Lipinski definition) is 0. The molecule has 8 rings (SSSR count). The van der Waals surface area contributed by atoms with Crippen molar-refractivity contribution in [2.45, 2.75) is 38.0 Å². The zero-order valence-electron chi connectivity index (χ0n) is 26.7. The van der Waals surface area contributed by atoms with Crippen LogP contribution in [0.1, 0.15) is 57.8 Å². The largest absolute Gasteiger partial charge is 0.288 e. The molecule has 6 heteroatoms. The van der Waals surface area contributed by atoms with Crippen molar-refractivity contribution >= 4 is 0 Å². The summed E-state index contributed by atoms with van der Waals surface area (Å²) in [5.41, 5.74) is 7.75. The van der Waals surface area contributed by atoms with Gasteiger partial charge in [-0.05, 0) is 48.2 Å². The number of aryl methyl sites for hydroxylation is 2. The van der Waals surface area contributed by atoms with Gasteiger partial charge in [0.05, 0.1) is 29.9 Å². The van der Waals surface area contributed by atoms with E-state index in [1.54, 1.807) is 0 Å². The number of rotatable bonds is 8. The lowest BCUT2D eigenvalue weighted by Crippen LogP contribution is -2.50. The Kier molecular flexibility index (Phi) is 8.90. The molecular formula is C40H42N6. The molecule has 0 radical (unpaired) electrons. The monoisotopic (exact) mass is 606 g/mol.